The van der Waals surface area contributed by atoms with Crippen molar-refractivity contribution in [2.24, 2.45) is 5.92 Å². The van der Waals surface area contributed by atoms with Crippen molar-refractivity contribution >= 4 is 39.5 Å². The summed E-state index contributed by atoms with van der Waals surface area (Å²) in [6, 6.07) is 0. The molecule has 0 amide bonds. The van der Waals surface area contributed by atoms with Crippen molar-refractivity contribution in [3.63, 3.8) is 0 Å². The number of phosphoric ester groups is 2. The van der Waals surface area contributed by atoms with E-state index in [1.807, 2.05) is 0 Å². The molecule has 0 aliphatic rings. The smallest absolute Gasteiger partial charge is 0.462 e. The molecule has 0 aliphatic carbocycles. The minimum Gasteiger partial charge on any atom is -0.462 e. The molecule has 0 aromatic heterocycles. The van der Waals surface area contributed by atoms with E-state index in [4.69, 9.17) is 37.0 Å². The van der Waals surface area contributed by atoms with Crippen LogP contribution >= 0.6 is 15.6 Å². The molecule has 0 aromatic carbocycles. The first kappa shape index (κ1) is 85.1. The van der Waals surface area contributed by atoms with Gasteiger partial charge >= 0.3 is 39.5 Å². The van der Waals surface area contributed by atoms with Crippen LogP contribution in [-0.2, 0) is 65.4 Å². The van der Waals surface area contributed by atoms with Crippen LogP contribution in [0.15, 0.2) is 0 Å². The molecule has 0 saturated carbocycles. The Morgan fingerprint density at radius 3 is 0.782 bits per heavy atom. The van der Waals surface area contributed by atoms with E-state index in [1.165, 1.54) is 161 Å². The number of esters is 4. The Morgan fingerprint density at radius 1 is 0.310 bits per heavy atom. The van der Waals surface area contributed by atoms with Crippen molar-refractivity contribution in [3.8, 4) is 0 Å². The van der Waals surface area contributed by atoms with Crippen molar-refractivity contribution < 1.29 is 80.2 Å². The number of rotatable bonds is 68. The van der Waals surface area contributed by atoms with E-state index < -0.39 is 97.5 Å². The van der Waals surface area contributed by atoms with Crippen LogP contribution in [0.5, 0.6) is 0 Å². The number of unbranched alkanes of at least 4 members (excludes halogenated alkanes) is 40. The molecule has 19 heteroatoms. The second kappa shape index (κ2) is 61.6. The fraction of sp³-hybridized carbons (Fsp3) is 0.941. The van der Waals surface area contributed by atoms with Crippen LogP contribution in [0.25, 0.3) is 0 Å². The zero-order valence-electron chi connectivity index (χ0n) is 56.2. The van der Waals surface area contributed by atoms with E-state index in [9.17, 15) is 43.2 Å². The van der Waals surface area contributed by atoms with Gasteiger partial charge < -0.3 is 33.8 Å². The molecule has 2 unspecified atom stereocenters. The highest BCUT2D eigenvalue weighted by molar-refractivity contribution is 7.47. The van der Waals surface area contributed by atoms with Gasteiger partial charge in [0.1, 0.15) is 19.3 Å². The number of aliphatic hydroxyl groups is 1. The third-order valence-electron chi connectivity index (χ3n) is 15.8. The zero-order chi connectivity index (χ0) is 64.2. The summed E-state index contributed by atoms with van der Waals surface area (Å²) < 4.78 is 67.9. The number of phosphoric acid groups is 2. The predicted octanol–water partition coefficient (Wildman–Crippen LogP) is 19.4. The molecular weight excluding hydrogens is 1150 g/mol. The molecule has 3 N–H and O–H groups in total. The third kappa shape index (κ3) is 62.6. The van der Waals surface area contributed by atoms with E-state index in [0.717, 1.165) is 109 Å². The number of hydrogen-bond acceptors (Lipinski definition) is 15. The molecule has 516 valence electrons. The van der Waals surface area contributed by atoms with Gasteiger partial charge in [0.05, 0.1) is 26.4 Å². The van der Waals surface area contributed by atoms with Crippen molar-refractivity contribution in [2.45, 2.75) is 368 Å². The number of carbonyl (C=O) groups is 4. The van der Waals surface area contributed by atoms with Crippen molar-refractivity contribution in [1.29, 1.82) is 0 Å². The van der Waals surface area contributed by atoms with Crippen LogP contribution in [-0.4, -0.2) is 96.7 Å². The SMILES string of the molecule is CCCCCCCCCCCCCCCC(=O)OC[C@H](COP(=O)(O)OC[C@@H](O)COP(=O)(O)OC[C@@H](COC(=O)CCCCCCC)OC(=O)CCCCCCCCCC)OC(=O)CCCCCCCCCCCCCCCCCCCCC(C)C. The first-order valence-electron chi connectivity index (χ1n) is 35.6. The van der Waals surface area contributed by atoms with Gasteiger partial charge in [0, 0.05) is 25.7 Å². The lowest BCUT2D eigenvalue weighted by Gasteiger charge is -2.21. The maximum atomic E-state index is 13.0. The predicted molar refractivity (Wildman–Crippen MR) is 349 cm³/mol. The van der Waals surface area contributed by atoms with E-state index in [2.05, 4.69) is 34.6 Å². The summed E-state index contributed by atoms with van der Waals surface area (Å²) in [7, 11) is -9.88. The molecule has 0 bridgehead atoms. The van der Waals surface area contributed by atoms with E-state index in [1.54, 1.807) is 0 Å². The molecule has 0 saturated heterocycles. The Hall–Kier alpha value is -1.94. The van der Waals surface area contributed by atoms with Gasteiger partial charge in [-0.3, -0.25) is 37.3 Å². The fourth-order valence-electron chi connectivity index (χ4n) is 10.3. The highest BCUT2D eigenvalue weighted by Crippen LogP contribution is 2.45. The molecule has 17 nitrogen and oxygen atoms in total. The second-order valence-electron chi connectivity index (χ2n) is 25.0. The lowest BCUT2D eigenvalue weighted by molar-refractivity contribution is -0.161. The summed E-state index contributed by atoms with van der Waals surface area (Å²) in [6.07, 6.45) is 47.7. The Bertz CT molecular complexity index is 1690. The highest BCUT2D eigenvalue weighted by Gasteiger charge is 2.30. The minimum absolute atomic E-state index is 0.104. The summed E-state index contributed by atoms with van der Waals surface area (Å²) in [5.41, 5.74) is 0. The van der Waals surface area contributed by atoms with Crippen molar-refractivity contribution in [3.05, 3.63) is 0 Å². The van der Waals surface area contributed by atoms with Crippen molar-refractivity contribution in [2.75, 3.05) is 39.6 Å². The summed E-state index contributed by atoms with van der Waals surface area (Å²) in [5.74, 6) is -1.32. The van der Waals surface area contributed by atoms with Crippen LogP contribution in [0.1, 0.15) is 349 Å². The zero-order valence-corrected chi connectivity index (χ0v) is 57.9. The number of ether oxygens (including phenoxy) is 4. The van der Waals surface area contributed by atoms with Gasteiger partial charge in [0.2, 0.25) is 0 Å². The topological polar surface area (TPSA) is 237 Å². The number of aliphatic hydroxyl groups excluding tert-OH is 1. The quantitative estimate of drug-likeness (QED) is 0.0222. The molecule has 0 aliphatic heterocycles. The van der Waals surface area contributed by atoms with Gasteiger partial charge in [-0.05, 0) is 31.6 Å². The van der Waals surface area contributed by atoms with Gasteiger partial charge in [-0.25, -0.2) is 9.13 Å². The fourth-order valence-corrected chi connectivity index (χ4v) is 11.9. The first-order valence-corrected chi connectivity index (χ1v) is 38.6. The normalized spacial score (nSPS) is 14.1. The third-order valence-corrected chi connectivity index (χ3v) is 17.7. The van der Waals surface area contributed by atoms with E-state index >= 15 is 0 Å². The molecule has 0 radical (unpaired) electrons. The maximum absolute atomic E-state index is 13.0. The molecule has 0 aromatic rings. The Kier molecular flexibility index (Phi) is 60.2. The second-order valence-corrected chi connectivity index (χ2v) is 27.9. The molecule has 5 atom stereocenters. The van der Waals surface area contributed by atoms with Gasteiger partial charge in [-0.15, -0.1) is 0 Å². The molecule has 0 heterocycles. The van der Waals surface area contributed by atoms with Crippen molar-refractivity contribution in [1.82, 2.24) is 0 Å². The molecule has 0 fully saturated rings. The van der Waals surface area contributed by atoms with Crippen LogP contribution in [0, 0.1) is 5.92 Å². The number of hydrogen-bond donors (Lipinski definition) is 3. The number of carbonyl (C=O) groups excluding carboxylic acids is 4. The molecule has 87 heavy (non-hydrogen) atoms. The first-order chi connectivity index (χ1) is 42.0. The lowest BCUT2D eigenvalue weighted by Crippen LogP contribution is -2.30. The maximum Gasteiger partial charge on any atom is 0.472 e. The molecule has 0 rings (SSSR count). The van der Waals surface area contributed by atoms with Crippen LogP contribution < -0.4 is 0 Å². The Balaban J connectivity index is 5.08. The summed E-state index contributed by atoms with van der Waals surface area (Å²) in [6.45, 7) is 7.15. The van der Waals surface area contributed by atoms with E-state index in [0.29, 0.717) is 25.7 Å². The minimum atomic E-state index is -4.95. The Morgan fingerprint density at radius 2 is 0.529 bits per heavy atom. The van der Waals surface area contributed by atoms with E-state index in [-0.39, 0.29) is 25.7 Å². The monoisotopic (exact) mass is 1280 g/mol. The van der Waals surface area contributed by atoms with Crippen LogP contribution in [0.4, 0.5) is 0 Å². The summed E-state index contributed by atoms with van der Waals surface area (Å²) >= 11 is 0. The largest absolute Gasteiger partial charge is 0.472 e. The van der Waals surface area contributed by atoms with Gasteiger partial charge in [0.25, 0.3) is 0 Å². The molecule has 0 spiro atoms. The molecular formula is C68H132O17P2. The average Bonchev–Trinajstić information content (AvgIpc) is 3.52. The summed E-state index contributed by atoms with van der Waals surface area (Å²) in [5, 5.41) is 10.5. The lowest BCUT2D eigenvalue weighted by atomic mass is 10.0. The summed E-state index contributed by atoms with van der Waals surface area (Å²) in [4.78, 5) is 72.0. The average molecular weight is 1280 g/mol. The van der Waals surface area contributed by atoms with Gasteiger partial charge in [-0.1, -0.05) is 298 Å². The van der Waals surface area contributed by atoms with Crippen LogP contribution in [0.2, 0.25) is 0 Å². The Labute approximate surface area is 530 Å². The standard InChI is InChI=1S/C68H132O17P2/c1-6-9-12-15-17-19-20-27-31-34-38-42-47-52-66(71)79-58-64(85-68(73)54-49-44-39-35-32-29-26-24-22-21-23-25-28-30-33-36-41-45-50-61(4)5)60-83-87(76,77)81-56-62(69)55-80-86(74,75)82-59-63(57-78-65(70)51-46-40-14-11-8-3)84-67(72)53-48-43-37-18-16-13-10-7-2/h61-64,69H,6-60H2,1-5H3,(H,74,75)(H,76,77)/t62-,63+,64+/m0/s1. The van der Waals surface area contributed by atoms with Crippen LogP contribution in [0.3, 0.4) is 0 Å². The highest BCUT2D eigenvalue weighted by atomic mass is 31.2. The van der Waals surface area contributed by atoms with Gasteiger partial charge in [-0.2, -0.15) is 0 Å². The van der Waals surface area contributed by atoms with Gasteiger partial charge in [0.15, 0.2) is 12.2 Å².